The van der Waals surface area contributed by atoms with Crippen molar-refractivity contribution < 1.29 is 23.8 Å². The van der Waals surface area contributed by atoms with Crippen LogP contribution in [0.5, 0.6) is 17.2 Å². The van der Waals surface area contributed by atoms with Crippen LogP contribution in [0.2, 0.25) is 0 Å². The topological polar surface area (TPSA) is 62.2 Å². The Bertz CT molecular complexity index is 1140. The van der Waals surface area contributed by atoms with E-state index >= 15 is 0 Å². The summed E-state index contributed by atoms with van der Waals surface area (Å²) >= 11 is 1.41. The Balaban J connectivity index is 1.71. The molecule has 0 aromatic heterocycles. The summed E-state index contributed by atoms with van der Waals surface area (Å²) < 4.78 is 24.4. The quantitative estimate of drug-likeness (QED) is 0.526. The van der Waals surface area contributed by atoms with Gasteiger partial charge >= 0.3 is 0 Å². The summed E-state index contributed by atoms with van der Waals surface area (Å²) in [5.41, 5.74) is 1.54. The number of hydrogen-bond acceptors (Lipinski definition) is 6. The number of ether oxygens (including phenoxy) is 2. The lowest BCUT2D eigenvalue weighted by molar-refractivity contribution is -0.126. The van der Waals surface area contributed by atoms with Crippen molar-refractivity contribution in [2.45, 2.75) is 16.2 Å². The van der Waals surface area contributed by atoms with E-state index in [0.717, 1.165) is 16.1 Å². The predicted molar refractivity (Wildman–Crippen MR) is 131 cm³/mol. The Hall–Kier alpha value is -3.07. The molecule has 0 radical (unpaired) electrons. The first-order chi connectivity index (χ1) is 16.4. The molecule has 34 heavy (non-hydrogen) atoms. The first kappa shape index (κ1) is 24.1. The fourth-order valence-electron chi connectivity index (χ4n) is 3.70. The number of benzene rings is 3. The van der Waals surface area contributed by atoms with Gasteiger partial charge in [0.1, 0.15) is 29.2 Å². The molecule has 3 aromatic rings. The van der Waals surface area contributed by atoms with Crippen molar-refractivity contribution >= 4 is 23.4 Å². The number of halogens is 1. The summed E-state index contributed by atoms with van der Waals surface area (Å²) in [5.74, 6) is 1.08. The van der Waals surface area contributed by atoms with E-state index in [4.69, 9.17) is 9.47 Å². The number of likely N-dealkylation sites (N-methyl/N-ethyl adjacent to an activating group) is 1. The van der Waals surface area contributed by atoms with Gasteiger partial charge in [0, 0.05) is 18.0 Å². The third kappa shape index (κ3) is 5.35. The molecule has 0 saturated carbocycles. The Morgan fingerprint density at radius 3 is 2.29 bits per heavy atom. The molecule has 8 heteroatoms. The minimum Gasteiger partial charge on any atom is -0.497 e. The molecule has 178 valence electrons. The maximum atomic E-state index is 13.4. The van der Waals surface area contributed by atoms with E-state index in [0.29, 0.717) is 30.3 Å². The third-order valence-corrected chi connectivity index (χ3v) is 6.91. The van der Waals surface area contributed by atoms with E-state index in [1.807, 2.05) is 55.4 Å². The molecular weight excluding hydrogens is 455 g/mol. The molecule has 1 heterocycles. The highest BCUT2D eigenvalue weighted by molar-refractivity contribution is 7.99. The van der Waals surface area contributed by atoms with Gasteiger partial charge < -0.3 is 24.4 Å². The van der Waals surface area contributed by atoms with E-state index < -0.39 is 11.4 Å². The number of hydrogen-bond donors (Lipinski definition) is 1. The maximum absolute atomic E-state index is 13.4. The molecule has 4 rings (SSSR count). The van der Waals surface area contributed by atoms with Gasteiger partial charge in [-0.05, 0) is 74.3 Å². The van der Waals surface area contributed by atoms with Crippen molar-refractivity contribution in [1.82, 2.24) is 4.90 Å². The number of aliphatic hydroxyl groups is 1. The van der Waals surface area contributed by atoms with Gasteiger partial charge in [0.05, 0.1) is 18.0 Å². The second kappa shape index (κ2) is 10.5. The van der Waals surface area contributed by atoms with E-state index in [1.165, 1.54) is 23.9 Å². The first-order valence-electron chi connectivity index (χ1n) is 10.9. The van der Waals surface area contributed by atoms with Crippen molar-refractivity contribution in [3.63, 3.8) is 0 Å². The van der Waals surface area contributed by atoms with Gasteiger partial charge in [-0.15, -0.1) is 11.8 Å². The normalized spacial score (nSPS) is 17.9. The predicted octanol–water partition coefficient (Wildman–Crippen LogP) is 4.73. The van der Waals surface area contributed by atoms with Crippen LogP contribution < -0.4 is 14.4 Å². The zero-order chi connectivity index (χ0) is 24.2. The Kier molecular flexibility index (Phi) is 7.41. The summed E-state index contributed by atoms with van der Waals surface area (Å²) in [4.78, 5) is 17.8. The molecule has 0 bridgehead atoms. The number of fused-ring (bicyclic) bond motifs is 1. The summed E-state index contributed by atoms with van der Waals surface area (Å²) in [6.07, 6.45) is -1.23. The number of thioether (sulfide) groups is 1. The first-order valence-corrected chi connectivity index (χ1v) is 11.8. The van der Waals surface area contributed by atoms with Crippen LogP contribution in [0.1, 0.15) is 10.8 Å². The second-order valence-electron chi connectivity index (χ2n) is 8.24. The summed E-state index contributed by atoms with van der Waals surface area (Å²) in [6, 6.07) is 18.6. The molecule has 2 unspecified atom stereocenters. The van der Waals surface area contributed by atoms with Crippen molar-refractivity contribution in [3.05, 3.63) is 78.1 Å². The van der Waals surface area contributed by atoms with Gasteiger partial charge in [-0.25, -0.2) is 4.39 Å². The average molecular weight is 483 g/mol. The lowest BCUT2D eigenvalue weighted by Gasteiger charge is -2.26. The van der Waals surface area contributed by atoms with Crippen molar-refractivity contribution in [2.24, 2.45) is 0 Å². The fraction of sp³-hybridized carbons (Fsp3) is 0.269. The minimum atomic E-state index is -1.23. The highest BCUT2D eigenvalue weighted by Crippen LogP contribution is 2.47. The van der Waals surface area contributed by atoms with Crippen molar-refractivity contribution in [1.29, 1.82) is 0 Å². The molecule has 3 aromatic carbocycles. The Morgan fingerprint density at radius 2 is 1.65 bits per heavy atom. The van der Waals surface area contributed by atoms with E-state index in [-0.39, 0.29) is 11.7 Å². The number of rotatable bonds is 7. The van der Waals surface area contributed by atoms with Gasteiger partial charge in [0.15, 0.2) is 0 Å². The Labute approximate surface area is 202 Å². The summed E-state index contributed by atoms with van der Waals surface area (Å²) in [5, 5.41) is 10.6. The molecule has 6 nitrogen and oxygen atoms in total. The van der Waals surface area contributed by atoms with Crippen LogP contribution in [-0.4, -0.2) is 56.3 Å². The van der Waals surface area contributed by atoms with E-state index in [2.05, 4.69) is 0 Å². The smallest absolute Gasteiger partial charge is 0.257 e. The standard InChI is InChI=1S/C26H27FN2O4S/c1-28(2)14-15-29-22-13-12-21(33-20-10-6-18(27)7-11-20)16-23(22)34-25(24(30)26(29)31)17-4-8-19(32-3)9-5-17/h4-13,16,24-25,30H,14-15H2,1-3H3. The molecule has 1 aliphatic rings. The average Bonchev–Trinajstić information content (AvgIpc) is 2.93. The molecule has 0 aliphatic carbocycles. The SMILES string of the molecule is COc1ccc(C2Sc3cc(Oc4ccc(F)cc4)ccc3N(CCN(C)C)C(=O)C2O)cc1. The number of carbonyl (C=O) groups excluding carboxylic acids is 1. The van der Waals surface area contributed by atoms with Crippen LogP contribution in [0, 0.1) is 5.82 Å². The molecule has 1 aliphatic heterocycles. The number of carbonyl (C=O) groups is 1. The van der Waals surface area contributed by atoms with Crippen LogP contribution in [0.4, 0.5) is 10.1 Å². The summed E-state index contributed by atoms with van der Waals surface area (Å²) in [7, 11) is 5.47. The zero-order valence-electron chi connectivity index (χ0n) is 19.3. The molecule has 1 N–H and O–H groups in total. The summed E-state index contributed by atoms with van der Waals surface area (Å²) in [6.45, 7) is 1.08. The van der Waals surface area contributed by atoms with Crippen LogP contribution in [0.15, 0.2) is 71.6 Å². The van der Waals surface area contributed by atoms with Crippen molar-refractivity contribution in [2.75, 3.05) is 39.2 Å². The van der Waals surface area contributed by atoms with Gasteiger partial charge in [0.2, 0.25) is 0 Å². The molecule has 0 fully saturated rings. The van der Waals surface area contributed by atoms with Crippen LogP contribution >= 0.6 is 11.8 Å². The lowest BCUT2D eigenvalue weighted by Crippen LogP contribution is -2.43. The fourth-order valence-corrected chi connectivity index (χ4v) is 4.99. The zero-order valence-corrected chi connectivity index (χ0v) is 20.1. The van der Waals surface area contributed by atoms with Crippen LogP contribution in [0.3, 0.4) is 0 Å². The molecule has 0 saturated heterocycles. The van der Waals surface area contributed by atoms with Gasteiger partial charge in [-0.2, -0.15) is 0 Å². The van der Waals surface area contributed by atoms with E-state index in [1.54, 1.807) is 30.2 Å². The minimum absolute atomic E-state index is 0.337. The van der Waals surface area contributed by atoms with E-state index in [9.17, 15) is 14.3 Å². The number of amides is 1. The molecule has 1 amide bonds. The number of methoxy groups -OCH3 is 1. The van der Waals surface area contributed by atoms with Crippen LogP contribution in [0.25, 0.3) is 0 Å². The molecule has 2 atom stereocenters. The van der Waals surface area contributed by atoms with Crippen molar-refractivity contribution in [3.8, 4) is 17.2 Å². The monoisotopic (exact) mass is 482 g/mol. The number of nitrogens with zero attached hydrogens (tertiary/aromatic N) is 2. The highest BCUT2D eigenvalue weighted by atomic mass is 32.2. The second-order valence-corrected chi connectivity index (χ2v) is 9.42. The number of anilines is 1. The highest BCUT2D eigenvalue weighted by Gasteiger charge is 2.37. The Morgan fingerprint density at radius 1 is 1.00 bits per heavy atom. The molecular formula is C26H27FN2O4S. The van der Waals surface area contributed by atoms with Gasteiger partial charge in [-0.1, -0.05) is 12.1 Å². The van der Waals surface area contributed by atoms with Gasteiger partial charge in [-0.3, -0.25) is 4.79 Å². The number of aliphatic hydroxyl groups excluding tert-OH is 1. The molecule has 0 spiro atoms. The lowest BCUT2D eigenvalue weighted by atomic mass is 10.1. The third-order valence-electron chi connectivity index (χ3n) is 5.55. The largest absolute Gasteiger partial charge is 0.497 e. The maximum Gasteiger partial charge on any atom is 0.257 e. The van der Waals surface area contributed by atoms with Crippen LogP contribution in [-0.2, 0) is 4.79 Å². The van der Waals surface area contributed by atoms with Gasteiger partial charge in [0.25, 0.3) is 5.91 Å².